The van der Waals surface area contributed by atoms with Crippen molar-refractivity contribution in [3.05, 3.63) is 53.1 Å². The predicted octanol–water partition coefficient (Wildman–Crippen LogP) is 3.61. The Hall–Kier alpha value is -1.70. The zero-order chi connectivity index (χ0) is 18.8. The number of aryl methyl sites for hydroxylation is 1. The van der Waals surface area contributed by atoms with Crippen LogP contribution in [0.4, 0.5) is 11.4 Å². The lowest BCUT2D eigenvalue weighted by Gasteiger charge is -2.19. The molecule has 0 amide bonds. The molecule has 0 aliphatic rings. The predicted molar refractivity (Wildman–Crippen MR) is 106 cm³/mol. The number of benzene rings is 2. The summed E-state index contributed by atoms with van der Waals surface area (Å²) in [7, 11) is 4.09. The third kappa shape index (κ3) is 5.39. The van der Waals surface area contributed by atoms with Crippen molar-refractivity contribution in [3.8, 4) is 0 Å². The van der Waals surface area contributed by atoms with E-state index >= 15 is 0 Å². The van der Waals surface area contributed by atoms with Gasteiger partial charge in [-0.15, -0.1) is 0 Å². The molecule has 2 aromatic carbocycles. The lowest BCUT2D eigenvalue weighted by molar-refractivity contribution is 0.503. The van der Waals surface area contributed by atoms with E-state index in [1.807, 2.05) is 75.2 Å². The molecule has 0 fully saturated rings. The van der Waals surface area contributed by atoms with Gasteiger partial charge in [0.1, 0.15) is 0 Å². The second kappa shape index (κ2) is 7.68. The first-order valence-corrected chi connectivity index (χ1v) is 10.6. The minimum absolute atomic E-state index is 0.493. The molecule has 2 rings (SSSR count). The van der Waals surface area contributed by atoms with Crippen molar-refractivity contribution in [2.24, 2.45) is 0 Å². The fraction of sp³-hybridized carbons (Fsp3) is 0.333. The van der Waals surface area contributed by atoms with E-state index < -0.39 is 9.15 Å². The molecular weight excluding hydrogens is 356 g/mol. The number of nitrogens with zero attached hydrogens (tertiary/aromatic N) is 2. The first-order valence-electron chi connectivity index (χ1n) is 7.81. The van der Waals surface area contributed by atoms with E-state index in [1.165, 1.54) is 0 Å². The fourth-order valence-corrected chi connectivity index (χ4v) is 4.41. The smallest absolute Gasteiger partial charge is 0.324 e. The normalized spacial score (nSPS) is 11.4. The average Bonchev–Trinajstić information content (AvgIpc) is 2.49. The van der Waals surface area contributed by atoms with Crippen LogP contribution in [0.5, 0.6) is 0 Å². The third-order valence-corrected chi connectivity index (χ3v) is 5.89. The second-order valence-corrected chi connectivity index (χ2v) is 9.61. The molecule has 0 aromatic heterocycles. The maximum atomic E-state index is 11.4. The highest BCUT2D eigenvalue weighted by atomic mass is 33.1. The van der Waals surface area contributed by atoms with Crippen LogP contribution < -0.4 is 9.80 Å². The van der Waals surface area contributed by atoms with Crippen LogP contribution in [0.25, 0.3) is 0 Å². The van der Waals surface area contributed by atoms with Crippen molar-refractivity contribution in [1.82, 2.24) is 0 Å². The van der Waals surface area contributed by atoms with Crippen molar-refractivity contribution in [2.75, 3.05) is 38.0 Å². The molecule has 0 heterocycles. The Morgan fingerprint density at radius 1 is 0.960 bits per heavy atom. The molecule has 0 saturated heterocycles. The summed E-state index contributed by atoms with van der Waals surface area (Å²) in [6.07, 6.45) is 0.602. The number of anilines is 2. The first kappa shape index (κ1) is 19.6. The Morgan fingerprint density at radius 3 is 2.00 bits per heavy atom. The van der Waals surface area contributed by atoms with Gasteiger partial charge in [-0.1, -0.05) is 12.1 Å². The highest BCUT2D eigenvalue weighted by molar-refractivity contribution is 8.69. The zero-order valence-corrected chi connectivity index (χ0v) is 16.8. The number of rotatable bonds is 6. The Morgan fingerprint density at radius 2 is 1.52 bits per heavy atom. The van der Waals surface area contributed by atoms with Crippen LogP contribution in [-0.2, 0) is 15.6 Å². The SMILES string of the molecule is Cc1cc(N(C)C)cc(SS(=O)(=O)O)c1Cc1ccc(N(C)C)cc1. The highest BCUT2D eigenvalue weighted by Gasteiger charge is 2.16. The molecule has 0 aliphatic heterocycles. The van der Waals surface area contributed by atoms with E-state index in [9.17, 15) is 13.0 Å². The fourth-order valence-electron chi connectivity index (χ4n) is 2.55. The van der Waals surface area contributed by atoms with Crippen LogP contribution in [0, 0.1) is 6.92 Å². The highest BCUT2D eigenvalue weighted by Crippen LogP contribution is 2.34. The molecule has 0 radical (unpaired) electrons. The van der Waals surface area contributed by atoms with Gasteiger partial charge in [0, 0.05) is 55.3 Å². The Bertz CT molecular complexity index is 845. The number of hydrogen-bond donors (Lipinski definition) is 1. The summed E-state index contributed by atoms with van der Waals surface area (Å²) in [6, 6.07) is 12.0. The standard InChI is InChI=1S/C18H24N2O3S2/c1-13-10-16(20(4)5)12-18(24-25(21,22)23)17(13)11-14-6-8-15(9-7-14)19(2)3/h6-10,12H,11H2,1-5H3,(H,21,22,23). The second-order valence-electron chi connectivity index (χ2n) is 6.38. The lowest BCUT2D eigenvalue weighted by atomic mass is 9.99. The monoisotopic (exact) mass is 380 g/mol. The van der Waals surface area contributed by atoms with Gasteiger partial charge in [-0.2, -0.15) is 8.42 Å². The molecule has 136 valence electrons. The van der Waals surface area contributed by atoms with Crippen LogP contribution in [0.3, 0.4) is 0 Å². The van der Waals surface area contributed by atoms with Crippen LogP contribution >= 0.6 is 10.8 Å². The average molecular weight is 381 g/mol. The van der Waals surface area contributed by atoms with E-state index in [-0.39, 0.29) is 0 Å². The summed E-state index contributed by atoms with van der Waals surface area (Å²) in [6.45, 7) is 1.96. The van der Waals surface area contributed by atoms with Crippen molar-refractivity contribution in [3.63, 3.8) is 0 Å². The largest absolute Gasteiger partial charge is 0.378 e. The molecular formula is C18H24N2O3S2. The van der Waals surface area contributed by atoms with E-state index in [4.69, 9.17) is 0 Å². The molecule has 0 aliphatic carbocycles. The van der Waals surface area contributed by atoms with Crippen molar-refractivity contribution < 1.29 is 13.0 Å². The molecule has 0 bridgehead atoms. The molecule has 5 nitrogen and oxygen atoms in total. The Balaban J connectivity index is 2.44. The summed E-state index contributed by atoms with van der Waals surface area (Å²) >= 11 is 0. The van der Waals surface area contributed by atoms with Crippen molar-refractivity contribution in [2.45, 2.75) is 18.2 Å². The third-order valence-electron chi connectivity index (χ3n) is 3.96. The summed E-state index contributed by atoms with van der Waals surface area (Å²) in [4.78, 5) is 4.50. The zero-order valence-electron chi connectivity index (χ0n) is 15.1. The summed E-state index contributed by atoms with van der Waals surface area (Å²) in [5.74, 6) is 0. The van der Waals surface area contributed by atoms with Gasteiger partial charge in [0.25, 0.3) is 0 Å². The van der Waals surface area contributed by atoms with Gasteiger partial charge < -0.3 is 9.80 Å². The van der Waals surface area contributed by atoms with Gasteiger partial charge in [0.2, 0.25) is 0 Å². The van der Waals surface area contributed by atoms with Crippen LogP contribution in [0.1, 0.15) is 16.7 Å². The minimum atomic E-state index is -4.18. The van der Waals surface area contributed by atoms with E-state index in [0.29, 0.717) is 22.1 Å². The summed E-state index contributed by atoms with van der Waals surface area (Å²) in [5, 5.41) is 0. The molecule has 0 spiro atoms. The minimum Gasteiger partial charge on any atom is -0.378 e. The molecule has 2 aromatic rings. The van der Waals surface area contributed by atoms with Gasteiger partial charge in [0.15, 0.2) is 0 Å². The maximum absolute atomic E-state index is 11.4. The van der Waals surface area contributed by atoms with Gasteiger partial charge >= 0.3 is 9.15 Å². The van der Waals surface area contributed by atoms with Crippen molar-refractivity contribution >= 4 is 31.3 Å². The maximum Gasteiger partial charge on any atom is 0.324 e. The molecule has 0 atom stereocenters. The van der Waals surface area contributed by atoms with Gasteiger partial charge in [-0.3, -0.25) is 4.55 Å². The summed E-state index contributed by atoms with van der Waals surface area (Å²) < 4.78 is 32.1. The van der Waals surface area contributed by atoms with E-state index in [2.05, 4.69) is 0 Å². The number of hydrogen-bond acceptors (Lipinski definition) is 5. The van der Waals surface area contributed by atoms with Gasteiger partial charge in [0.05, 0.1) is 0 Å². The van der Waals surface area contributed by atoms with Gasteiger partial charge in [-0.25, -0.2) is 0 Å². The van der Waals surface area contributed by atoms with Gasteiger partial charge in [-0.05, 0) is 54.3 Å². The topological polar surface area (TPSA) is 60.9 Å². The molecule has 25 heavy (non-hydrogen) atoms. The lowest BCUT2D eigenvalue weighted by Crippen LogP contribution is -2.10. The van der Waals surface area contributed by atoms with E-state index in [0.717, 1.165) is 28.1 Å². The first-order chi connectivity index (χ1) is 11.6. The molecule has 7 heteroatoms. The van der Waals surface area contributed by atoms with Crippen LogP contribution in [0.2, 0.25) is 0 Å². The Labute approximate surface area is 153 Å². The van der Waals surface area contributed by atoms with Crippen LogP contribution in [0.15, 0.2) is 41.3 Å². The van der Waals surface area contributed by atoms with E-state index in [1.54, 1.807) is 6.07 Å². The quantitative estimate of drug-likeness (QED) is 0.610. The molecule has 0 saturated carbocycles. The summed E-state index contributed by atoms with van der Waals surface area (Å²) in [5.41, 5.74) is 5.00. The van der Waals surface area contributed by atoms with Crippen LogP contribution in [-0.4, -0.2) is 41.2 Å². The Kier molecular flexibility index (Phi) is 6.03. The molecule has 0 unspecified atom stereocenters. The molecule has 1 N–H and O–H groups in total. The van der Waals surface area contributed by atoms with Crippen molar-refractivity contribution in [1.29, 1.82) is 0 Å².